The summed E-state index contributed by atoms with van der Waals surface area (Å²) in [5.41, 5.74) is 2.53. The van der Waals surface area contributed by atoms with E-state index >= 15 is 0 Å². The summed E-state index contributed by atoms with van der Waals surface area (Å²) < 4.78 is 6.13. The van der Waals surface area contributed by atoms with Crippen molar-refractivity contribution in [2.45, 2.75) is 44.6 Å². The van der Waals surface area contributed by atoms with Crippen LogP contribution >= 0.6 is 0 Å². The number of rotatable bonds is 1. The van der Waals surface area contributed by atoms with Gasteiger partial charge in [0.1, 0.15) is 0 Å². The van der Waals surface area contributed by atoms with E-state index in [0.29, 0.717) is 0 Å². The maximum Gasteiger partial charge on any atom is 0.0857 e. The molecule has 0 N–H and O–H groups in total. The molecule has 0 unspecified atom stereocenters. The molecule has 2 aliphatic rings. The van der Waals surface area contributed by atoms with Gasteiger partial charge < -0.3 is 9.64 Å². The Labute approximate surface area is 109 Å². The monoisotopic (exact) mass is 246 g/mol. The number of aryl methyl sites for hydroxylation is 1. The highest BCUT2D eigenvalue weighted by Crippen LogP contribution is 2.35. The molecule has 0 radical (unpaired) electrons. The minimum Gasteiger partial charge on any atom is -0.371 e. The molecule has 3 heteroatoms. The van der Waals surface area contributed by atoms with Crippen molar-refractivity contribution in [3.05, 3.63) is 24.0 Å². The van der Waals surface area contributed by atoms with Crippen LogP contribution in [0, 0.1) is 6.92 Å². The van der Waals surface area contributed by atoms with Gasteiger partial charge in [0, 0.05) is 30.7 Å². The molecule has 0 atom stereocenters. The number of nitrogens with zero attached hydrogens (tertiary/aromatic N) is 2. The molecule has 3 nitrogen and oxygen atoms in total. The molecule has 1 aliphatic carbocycles. The number of aromatic nitrogens is 1. The van der Waals surface area contributed by atoms with Gasteiger partial charge in [-0.05, 0) is 31.9 Å². The van der Waals surface area contributed by atoms with Crippen LogP contribution in [0.3, 0.4) is 0 Å². The largest absolute Gasteiger partial charge is 0.371 e. The van der Waals surface area contributed by atoms with Gasteiger partial charge in [0.05, 0.1) is 12.2 Å². The molecular weight excluding hydrogens is 224 g/mol. The fraction of sp³-hybridized carbons (Fsp3) is 0.667. The highest BCUT2D eigenvalue weighted by atomic mass is 16.5. The van der Waals surface area contributed by atoms with Gasteiger partial charge in [-0.2, -0.15) is 0 Å². The smallest absolute Gasteiger partial charge is 0.0857 e. The van der Waals surface area contributed by atoms with Crippen molar-refractivity contribution < 1.29 is 4.74 Å². The summed E-state index contributed by atoms with van der Waals surface area (Å²) >= 11 is 0. The predicted molar refractivity (Wildman–Crippen MR) is 73.0 cm³/mol. The number of morpholine rings is 1. The van der Waals surface area contributed by atoms with Crippen LogP contribution in [0.1, 0.15) is 37.8 Å². The molecule has 1 aromatic heterocycles. The molecule has 0 aromatic carbocycles. The highest BCUT2D eigenvalue weighted by Gasteiger charge is 2.37. The van der Waals surface area contributed by atoms with Crippen LogP contribution in [0.15, 0.2) is 18.3 Å². The summed E-state index contributed by atoms with van der Waals surface area (Å²) in [6.07, 6.45) is 8.39. The summed E-state index contributed by atoms with van der Waals surface area (Å²) in [5, 5.41) is 0. The molecule has 98 valence electrons. The predicted octanol–water partition coefficient (Wildman–Crippen LogP) is 2.93. The first-order valence-corrected chi connectivity index (χ1v) is 7.09. The zero-order valence-corrected chi connectivity index (χ0v) is 11.2. The van der Waals surface area contributed by atoms with Gasteiger partial charge in [0.15, 0.2) is 0 Å². The average Bonchev–Trinajstić information content (AvgIpc) is 2.40. The number of pyridine rings is 1. The molecule has 1 saturated carbocycles. The molecule has 1 spiro atoms. The first-order valence-electron chi connectivity index (χ1n) is 7.09. The Bertz CT molecular complexity index is 407. The van der Waals surface area contributed by atoms with Crippen LogP contribution in [0.4, 0.5) is 5.69 Å². The average molecular weight is 246 g/mol. The minimum atomic E-state index is 0.133. The lowest BCUT2D eigenvalue weighted by molar-refractivity contribution is -0.0782. The van der Waals surface area contributed by atoms with Crippen molar-refractivity contribution in [2.24, 2.45) is 0 Å². The van der Waals surface area contributed by atoms with Crippen molar-refractivity contribution >= 4 is 5.69 Å². The van der Waals surface area contributed by atoms with E-state index in [0.717, 1.165) is 25.4 Å². The molecular formula is C15H22N2O. The van der Waals surface area contributed by atoms with E-state index in [-0.39, 0.29) is 5.60 Å². The lowest BCUT2D eigenvalue weighted by atomic mass is 9.83. The third-order valence-electron chi connectivity index (χ3n) is 4.26. The Morgan fingerprint density at radius 2 is 2.11 bits per heavy atom. The first kappa shape index (κ1) is 12.0. The quantitative estimate of drug-likeness (QED) is 0.762. The first-order chi connectivity index (χ1) is 8.77. The van der Waals surface area contributed by atoms with Gasteiger partial charge in [-0.1, -0.05) is 19.3 Å². The summed E-state index contributed by atoms with van der Waals surface area (Å²) in [6, 6.07) is 4.30. The van der Waals surface area contributed by atoms with E-state index in [1.165, 1.54) is 37.8 Å². The normalized spacial score (nSPS) is 23.3. The van der Waals surface area contributed by atoms with Crippen LogP contribution < -0.4 is 4.90 Å². The van der Waals surface area contributed by atoms with Crippen molar-refractivity contribution in [2.75, 3.05) is 24.6 Å². The number of hydrogen-bond acceptors (Lipinski definition) is 3. The molecule has 1 aromatic rings. The van der Waals surface area contributed by atoms with Crippen LogP contribution in [0.25, 0.3) is 0 Å². The van der Waals surface area contributed by atoms with E-state index in [9.17, 15) is 0 Å². The van der Waals surface area contributed by atoms with Gasteiger partial charge in [0.25, 0.3) is 0 Å². The van der Waals surface area contributed by atoms with Crippen molar-refractivity contribution in [3.8, 4) is 0 Å². The summed E-state index contributed by atoms with van der Waals surface area (Å²) in [5.74, 6) is 0. The van der Waals surface area contributed by atoms with E-state index in [2.05, 4.69) is 28.9 Å². The molecule has 2 fully saturated rings. The highest BCUT2D eigenvalue weighted by molar-refractivity contribution is 5.47. The zero-order valence-electron chi connectivity index (χ0n) is 11.2. The number of hydrogen-bond donors (Lipinski definition) is 0. The van der Waals surface area contributed by atoms with Crippen molar-refractivity contribution in [1.29, 1.82) is 0 Å². The molecule has 1 aliphatic heterocycles. The third kappa shape index (κ3) is 2.37. The maximum absolute atomic E-state index is 6.13. The summed E-state index contributed by atoms with van der Waals surface area (Å²) in [7, 11) is 0. The maximum atomic E-state index is 6.13. The van der Waals surface area contributed by atoms with Crippen LogP contribution in [-0.2, 0) is 4.74 Å². The Kier molecular flexibility index (Phi) is 3.25. The Hall–Kier alpha value is -1.09. The standard InChI is InChI=1S/C15H22N2O/c1-13-11-14(5-8-16-13)17-9-10-18-15(12-17)6-3-2-4-7-15/h5,8,11H,2-4,6-7,9-10,12H2,1H3. The van der Waals surface area contributed by atoms with Gasteiger partial charge in [-0.25, -0.2) is 0 Å². The summed E-state index contributed by atoms with van der Waals surface area (Å²) in [4.78, 5) is 6.76. The van der Waals surface area contributed by atoms with Crippen molar-refractivity contribution in [3.63, 3.8) is 0 Å². The number of ether oxygens (including phenoxy) is 1. The number of anilines is 1. The molecule has 18 heavy (non-hydrogen) atoms. The molecule has 3 rings (SSSR count). The Morgan fingerprint density at radius 1 is 1.28 bits per heavy atom. The molecule has 1 saturated heterocycles. The topological polar surface area (TPSA) is 25.4 Å². The molecule has 0 bridgehead atoms. The molecule has 2 heterocycles. The fourth-order valence-corrected chi connectivity index (χ4v) is 3.29. The van der Waals surface area contributed by atoms with Crippen LogP contribution in [-0.4, -0.2) is 30.3 Å². The Morgan fingerprint density at radius 3 is 2.89 bits per heavy atom. The molecule has 0 amide bonds. The van der Waals surface area contributed by atoms with Gasteiger partial charge in [0.2, 0.25) is 0 Å². The van der Waals surface area contributed by atoms with Crippen LogP contribution in [0.2, 0.25) is 0 Å². The fourth-order valence-electron chi connectivity index (χ4n) is 3.29. The van der Waals surface area contributed by atoms with E-state index in [1.807, 2.05) is 6.20 Å². The SMILES string of the molecule is Cc1cc(N2CCOC3(CCCCC3)C2)ccn1. The Balaban J connectivity index is 1.77. The lowest BCUT2D eigenvalue weighted by Gasteiger charge is -2.45. The third-order valence-corrected chi connectivity index (χ3v) is 4.26. The zero-order chi connectivity index (χ0) is 12.4. The second-order valence-electron chi connectivity index (χ2n) is 5.67. The van der Waals surface area contributed by atoms with E-state index in [1.54, 1.807) is 0 Å². The van der Waals surface area contributed by atoms with E-state index < -0.39 is 0 Å². The van der Waals surface area contributed by atoms with Gasteiger partial charge in [-0.15, -0.1) is 0 Å². The van der Waals surface area contributed by atoms with E-state index in [4.69, 9.17) is 4.74 Å². The second kappa shape index (κ2) is 4.88. The lowest BCUT2D eigenvalue weighted by Crippen LogP contribution is -2.52. The minimum absolute atomic E-state index is 0.133. The summed E-state index contributed by atoms with van der Waals surface area (Å²) in [6.45, 7) is 4.98. The van der Waals surface area contributed by atoms with Gasteiger partial charge in [-0.3, -0.25) is 4.98 Å². The van der Waals surface area contributed by atoms with Crippen molar-refractivity contribution in [1.82, 2.24) is 4.98 Å². The van der Waals surface area contributed by atoms with Gasteiger partial charge >= 0.3 is 0 Å². The second-order valence-corrected chi connectivity index (χ2v) is 5.67. The van der Waals surface area contributed by atoms with Crippen LogP contribution in [0.5, 0.6) is 0 Å².